The number of amides is 1. The maximum absolute atomic E-state index is 12.1. The Morgan fingerprint density at radius 1 is 1.23 bits per heavy atom. The molecule has 0 atom stereocenters. The van der Waals surface area contributed by atoms with Crippen LogP contribution in [0.3, 0.4) is 0 Å². The quantitative estimate of drug-likeness (QED) is 0.765. The Hall–Kier alpha value is -2.49. The second-order valence-corrected chi connectivity index (χ2v) is 5.05. The zero-order valence-corrected chi connectivity index (χ0v) is 13.2. The van der Waals surface area contributed by atoms with Gasteiger partial charge in [-0.2, -0.15) is 0 Å². The van der Waals surface area contributed by atoms with E-state index in [1.807, 2.05) is 50.2 Å². The van der Waals surface area contributed by atoms with Crippen LogP contribution in [0.15, 0.2) is 46.9 Å². The molecule has 1 heterocycles. The van der Waals surface area contributed by atoms with Crippen LogP contribution >= 0.6 is 0 Å². The van der Waals surface area contributed by atoms with Crippen molar-refractivity contribution in [2.24, 2.45) is 0 Å². The van der Waals surface area contributed by atoms with E-state index in [0.29, 0.717) is 18.9 Å². The smallest absolute Gasteiger partial charge is 0.246 e. The Morgan fingerprint density at radius 3 is 2.55 bits per heavy atom. The van der Waals surface area contributed by atoms with Crippen molar-refractivity contribution in [1.29, 1.82) is 0 Å². The molecule has 0 aliphatic rings. The molecule has 0 spiro atoms. The fourth-order valence-corrected chi connectivity index (χ4v) is 2.03. The van der Waals surface area contributed by atoms with Crippen LogP contribution < -0.4 is 4.74 Å². The number of aryl methyl sites for hydroxylation is 1. The van der Waals surface area contributed by atoms with Crippen molar-refractivity contribution in [3.8, 4) is 5.75 Å². The number of benzene rings is 1. The van der Waals surface area contributed by atoms with Crippen molar-refractivity contribution < 1.29 is 13.9 Å². The maximum Gasteiger partial charge on any atom is 0.246 e. The molecule has 0 aliphatic carbocycles. The highest BCUT2D eigenvalue weighted by molar-refractivity contribution is 5.91. The fraction of sp³-hybridized carbons (Fsp3) is 0.278. The average Bonchev–Trinajstić information content (AvgIpc) is 2.92. The van der Waals surface area contributed by atoms with Gasteiger partial charge in [0.2, 0.25) is 5.91 Å². The molecule has 116 valence electrons. The molecular formula is C18H21NO3. The first kappa shape index (κ1) is 15.9. The summed E-state index contributed by atoms with van der Waals surface area (Å²) in [5.74, 6) is 2.28. The Morgan fingerprint density at radius 2 is 1.95 bits per heavy atom. The maximum atomic E-state index is 12.1. The van der Waals surface area contributed by atoms with Gasteiger partial charge >= 0.3 is 0 Å². The minimum absolute atomic E-state index is 0.0667. The molecule has 0 unspecified atom stereocenters. The molecule has 4 nitrogen and oxygen atoms in total. The molecule has 1 amide bonds. The lowest BCUT2D eigenvalue weighted by Crippen LogP contribution is -2.24. The van der Waals surface area contributed by atoms with Gasteiger partial charge in [-0.1, -0.05) is 12.1 Å². The van der Waals surface area contributed by atoms with Gasteiger partial charge < -0.3 is 14.1 Å². The van der Waals surface area contributed by atoms with Crippen LogP contribution in [0.2, 0.25) is 0 Å². The molecule has 4 heteroatoms. The van der Waals surface area contributed by atoms with Crippen LogP contribution in [0.1, 0.15) is 24.0 Å². The molecule has 0 radical (unpaired) electrons. The zero-order valence-electron chi connectivity index (χ0n) is 13.2. The summed E-state index contributed by atoms with van der Waals surface area (Å²) in [4.78, 5) is 13.7. The van der Waals surface area contributed by atoms with Crippen molar-refractivity contribution in [2.75, 3.05) is 13.7 Å². The summed E-state index contributed by atoms with van der Waals surface area (Å²) >= 11 is 0. The standard InChI is InChI=1S/C18H21NO3/c1-4-21-16-9-6-15(7-10-16)13-19(3)18(20)12-11-17-8-5-14(2)22-17/h5-12H,4,13H2,1-3H3. The highest BCUT2D eigenvalue weighted by Gasteiger charge is 2.06. The summed E-state index contributed by atoms with van der Waals surface area (Å²) < 4.78 is 10.8. The molecule has 0 aliphatic heterocycles. The van der Waals surface area contributed by atoms with Crippen LogP contribution in [0.5, 0.6) is 5.75 Å². The average molecular weight is 299 g/mol. The monoisotopic (exact) mass is 299 g/mol. The highest BCUT2D eigenvalue weighted by Crippen LogP contribution is 2.14. The third kappa shape index (κ3) is 4.52. The van der Waals surface area contributed by atoms with Gasteiger partial charge in [0, 0.05) is 19.7 Å². The van der Waals surface area contributed by atoms with E-state index in [2.05, 4.69) is 0 Å². The summed E-state index contributed by atoms with van der Waals surface area (Å²) in [6, 6.07) is 11.5. The second-order valence-electron chi connectivity index (χ2n) is 5.05. The van der Waals surface area contributed by atoms with E-state index in [0.717, 1.165) is 17.1 Å². The van der Waals surface area contributed by atoms with Crippen molar-refractivity contribution in [3.63, 3.8) is 0 Å². The number of hydrogen-bond acceptors (Lipinski definition) is 3. The van der Waals surface area contributed by atoms with E-state index in [4.69, 9.17) is 9.15 Å². The molecule has 22 heavy (non-hydrogen) atoms. The zero-order chi connectivity index (χ0) is 15.9. The van der Waals surface area contributed by atoms with Crippen LogP contribution in [0.25, 0.3) is 6.08 Å². The first-order chi connectivity index (χ1) is 10.6. The molecule has 0 saturated heterocycles. The first-order valence-corrected chi connectivity index (χ1v) is 7.30. The van der Waals surface area contributed by atoms with E-state index in [1.165, 1.54) is 6.08 Å². The Labute approximate surface area is 131 Å². The van der Waals surface area contributed by atoms with Gasteiger partial charge in [0.15, 0.2) is 0 Å². The largest absolute Gasteiger partial charge is 0.494 e. The summed E-state index contributed by atoms with van der Waals surface area (Å²) in [6.07, 6.45) is 3.21. The number of carbonyl (C=O) groups excluding carboxylic acids is 1. The lowest BCUT2D eigenvalue weighted by molar-refractivity contribution is -0.125. The molecular weight excluding hydrogens is 278 g/mol. The summed E-state index contributed by atoms with van der Waals surface area (Å²) in [5.41, 5.74) is 1.06. The fourth-order valence-electron chi connectivity index (χ4n) is 2.03. The van der Waals surface area contributed by atoms with E-state index < -0.39 is 0 Å². The summed E-state index contributed by atoms with van der Waals surface area (Å²) in [7, 11) is 1.77. The van der Waals surface area contributed by atoms with Gasteiger partial charge in [0.1, 0.15) is 17.3 Å². The number of rotatable bonds is 6. The minimum Gasteiger partial charge on any atom is -0.494 e. The lowest BCUT2D eigenvalue weighted by Gasteiger charge is -2.15. The molecule has 0 fully saturated rings. The number of hydrogen-bond donors (Lipinski definition) is 0. The van der Waals surface area contributed by atoms with Crippen molar-refractivity contribution in [3.05, 3.63) is 59.6 Å². The SMILES string of the molecule is CCOc1ccc(CN(C)C(=O)C=Cc2ccc(C)o2)cc1. The van der Waals surface area contributed by atoms with Crippen LogP contribution in [0, 0.1) is 6.92 Å². The van der Waals surface area contributed by atoms with Crippen LogP contribution in [-0.2, 0) is 11.3 Å². The Balaban J connectivity index is 1.91. The predicted molar refractivity (Wildman–Crippen MR) is 86.6 cm³/mol. The molecule has 2 rings (SSSR count). The first-order valence-electron chi connectivity index (χ1n) is 7.30. The number of likely N-dealkylation sites (N-methyl/N-ethyl adjacent to an activating group) is 1. The summed E-state index contributed by atoms with van der Waals surface area (Å²) in [6.45, 7) is 5.02. The Kier molecular flexibility index (Phi) is 5.42. The molecule has 2 aromatic rings. The van der Waals surface area contributed by atoms with Gasteiger partial charge in [-0.25, -0.2) is 0 Å². The van der Waals surface area contributed by atoms with Crippen molar-refractivity contribution in [1.82, 2.24) is 4.90 Å². The van der Waals surface area contributed by atoms with Gasteiger partial charge in [-0.05, 0) is 49.8 Å². The number of ether oxygens (including phenoxy) is 1. The van der Waals surface area contributed by atoms with Gasteiger partial charge in [-0.3, -0.25) is 4.79 Å². The third-order valence-electron chi connectivity index (χ3n) is 3.18. The third-order valence-corrected chi connectivity index (χ3v) is 3.18. The molecule has 0 bridgehead atoms. The van der Waals surface area contributed by atoms with E-state index in [1.54, 1.807) is 18.0 Å². The Bertz CT molecular complexity index is 641. The normalized spacial score (nSPS) is 10.9. The second kappa shape index (κ2) is 7.50. The molecule has 1 aromatic carbocycles. The highest BCUT2D eigenvalue weighted by atomic mass is 16.5. The molecule has 0 saturated carbocycles. The van der Waals surface area contributed by atoms with Crippen molar-refractivity contribution >= 4 is 12.0 Å². The van der Waals surface area contributed by atoms with Gasteiger partial charge in [0.05, 0.1) is 6.61 Å². The molecule has 1 aromatic heterocycles. The lowest BCUT2D eigenvalue weighted by atomic mass is 10.2. The van der Waals surface area contributed by atoms with Crippen LogP contribution in [-0.4, -0.2) is 24.5 Å². The van der Waals surface area contributed by atoms with Gasteiger partial charge in [0.25, 0.3) is 0 Å². The minimum atomic E-state index is -0.0667. The number of carbonyl (C=O) groups is 1. The topological polar surface area (TPSA) is 42.7 Å². The van der Waals surface area contributed by atoms with Gasteiger partial charge in [-0.15, -0.1) is 0 Å². The van der Waals surface area contributed by atoms with Crippen LogP contribution in [0.4, 0.5) is 0 Å². The predicted octanol–water partition coefficient (Wildman–Crippen LogP) is 3.66. The van der Waals surface area contributed by atoms with E-state index >= 15 is 0 Å². The number of nitrogens with zero attached hydrogens (tertiary/aromatic N) is 1. The van der Waals surface area contributed by atoms with E-state index in [-0.39, 0.29) is 5.91 Å². The van der Waals surface area contributed by atoms with E-state index in [9.17, 15) is 4.79 Å². The van der Waals surface area contributed by atoms with Crippen molar-refractivity contribution in [2.45, 2.75) is 20.4 Å². The number of furan rings is 1. The summed E-state index contributed by atoms with van der Waals surface area (Å²) in [5, 5.41) is 0. The molecule has 0 N–H and O–H groups in total.